The van der Waals surface area contributed by atoms with Gasteiger partial charge in [-0.15, -0.1) is 0 Å². The lowest BCUT2D eigenvalue weighted by Crippen LogP contribution is -2.53. The second-order valence-electron chi connectivity index (χ2n) is 8.82. The van der Waals surface area contributed by atoms with Gasteiger partial charge in [0.1, 0.15) is 12.5 Å². The summed E-state index contributed by atoms with van der Waals surface area (Å²) in [5, 5.41) is 11.7. The van der Waals surface area contributed by atoms with Gasteiger partial charge in [-0.25, -0.2) is 13.6 Å². The van der Waals surface area contributed by atoms with Crippen LogP contribution in [0, 0.1) is 5.92 Å². The summed E-state index contributed by atoms with van der Waals surface area (Å²) in [6.45, 7) is 0.945. The van der Waals surface area contributed by atoms with Crippen LogP contribution in [0.4, 0.5) is 13.6 Å². The molecule has 1 aliphatic heterocycles. The molecule has 7 nitrogen and oxygen atoms in total. The zero-order chi connectivity index (χ0) is 24.5. The molecule has 9 heteroatoms. The van der Waals surface area contributed by atoms with Gasteiger partial charge in [0.2, 0.25) is 5.91 Å². The maximum atomic E-state index is 13.8. The minimum Gasteiger partial charge on any atom is -0.481 e. The van der Waals surface area contributed by atoms with Crippen molar-refractivity contribution in [2.75, 3.05) is 19.7 Å². The van der Waals surface area contributed by atoms with Crippen LogP contribution in [0.1, 0.15) is 36.8 Å². The topological polar surface area (TPSA) is 95.9 Å². The van der Waals surface area contributed by atoms with Gasteiger partial charge in [-0.05, 0) is 29.2 Å². The molecule has 2 aromatic rings. The van der Waals surface area contributed by atoms with E-state index < -0.39 is 48.8 Å². The summed E-state index contributed by atoms with van der Waals surface area (Å²) in [5.74, 6) is -7.51. The second kappa shape index (κ2) is 9.40. The van der Waals surface area contributed by atoms with Crippen LogP contribution in [-0.2, 0) is 14.3 Å². The second-order valence-corrected chi connectivity index (χ2v) is 8.82. The number of carbonyl (C=O) groups excluding carboxylic acids is 2. The Morgan fingerprint density at radius 1 is 1.12 bits per heavy atom. The number of alkyl halides is 2. The van der Waals surface area contributed by atoms with Gasteiger partial charge >= 0.3 is 12.1 Å². The van der Waals surface area contributed by atoms with Crippen LogP contribution in [0.2, 0.25) is 0 Å². The number of alkyl carbamates (subject to hydrolysis) is 1. The van der Waals surface area contributed by atoms with Gasteiger partial charge in [0.15, 0.2) is 0 Å². The molecule has 4 rings (SSSR count). The van der Waals surface area contributed by atoms with Crippen LogP contribution >= 0.6 is 0 Å². The molecule has 0 bridgehead atoms. The van der Waals surface area contributed by atoms with Gasteiger partial charge in [0.05, 0.1) is 0 Å². The van der Waals surface area contributed by atoms with E-state index in [1.165, 1.54) is 0 Å². The summed E-state index contributed by atoms with van der Waals surface area (Å²) >= 11 is 0. The van der Waals surface area contributed by atoms with Gasteiger partial charge in [-0.1, -0.05) is 48.5 Å². The summed E-state index contributed by atoms with van der Waals surface area (Å²) in [4.78, 5) is 37.2. The third-order valence-corrected chi connectivity index (χ3v) is 6.47. The standard InChI is InChI=1S/C25H26F2N2O5/c1-15(12-22(30)29-11-10-25(26,27)21(13-29)23(31)32)28-24(33)34-14-20-18-8-4-2-6-16(18)17-7-3-5-9-19(17)20/h2-9,15,20-21H,10-14H2,1H3,(H,28,33)(H,31,32). The van der Waals surface area contributed by atoms with Crippen LogP contribution in [0.15, 0.2) is 48.5 Å². The van der Waals surface area contributed by atoms with E-state index in [4.69, 9.17) is 9.84 Å². The number of halogens is 2. The summed E-state index contributed by atoms with van der Waals surface area (Å²) in [7, 11) is 0. The minimum atomic E-state index is -3.35. The van der Waals surface area contributed by atoms with Crippen molar-refractivity contribution in [3.8, 4) is 11.1 Å². The Balaban J connectivity index is 1.30. The van der Waals surface area contributed by atoms with Crippen LogP contribution in [0.3, 0.4) is 0 Å². The Labute approximate surface area is 195 Å². The van der Waals surface area contributed by atoms with E-state index in [0.717, 1.165) is 27.2 Å². The number of ether oxygens (including phenoxy) is 1. The van der Waals surface area contributed by atoms with E-state index in [1.54, 1.807) is 6.92 Å². The Bertz CT molecular complexity index is 1060. The number of carboxylic acid groups (broad SMARTS) is 1. The first-order chi connectivity index (χ1) is 16.2. The third-order valence-electron chi connectivity index (χ3n) is 6.47. The first-order valence-corrected chi connectivity index (χ1v) is 11.2. The van der Waals surface area contributed by atoms with Crippen molar-refractivity contribution >= 4 is 18.0 Å². The SMILES string of the molecule is CC(CC(=O)N1CCC(F)(F)C(C(=O)O)C1)NC(=O)OCC1c2ccccc2-c2ccccc21. The molecule has 2 N–H and O–H groups in total. The Morgan fingerprint density at radius 2 is 1.71 bits per heavy atom. The Morgan fingerprint density at radius 3 is 2.29 bits per heavy atom. The largest absolute Gasteiger partial charge is 0.481 e. The number of carboxylic acids is 1. The van der Waals surface area contributed by atoms with Crippen molar-refractivity contribution in [3.05, 3.63) is 59.7 Å². The van der Waals surface area contributed by atoms with Crippen molar-refractivity contribution in [1.82, 2.24) is 10.2 Å². The number of nitrogens with zero attached hydrogens (tertiary/aromatic N) is 1. The highest BCUT2D eigenvalue weighted by Gasteiger charge is 2.49. The first-order valence-electron chi connectivity index (χ1n) is 11.2. The molecular formula is C25H26F2N2O5. The molecule has 1 heterocycles. The molecule has 0 saturated carbocycles. The lowest BCUT2D eigenvalue weighted by molar-refractivity contribution is -0.169. The van der Waals surface area contributed by atoms with Crippen molar-refractivity contribution in [1.29, 1.82) is 0 Å². The summed E-state index contributed by atoms with van der Waals surface area (Å²) in [5.41, 5.74) is 4.37. The average Bonchev–Trinajstić information content (AvgIpc) is 3.11. The molecule has 0 aromatic heterocycles. The number of nitrogens with one attached hydrogen (secondary N) is 1. The molecule has 2 unspecified atom stereocenters. The fraction of sp³-hybridized carbons (Fsp3) is 0.400. The molecule has 2 amide bonds. The number of likely N-dealkylation sites (tertiary alicyclic amines) is 1. The molecule has 34 heavy (non-hydrogen) atoms. The number of benzene rings is 2. The van der Waals surface area contributed by atoms with Gasteiger partial charge in [-0.3, -0.25) is 9.59 Å². The quantitative estimate of drug-likeness (QED) is 0.666. The van der Waals surface area contributed by atoms with Gasteiger partial charge in [0.25, 0.3) is 5.92 Å². The Kier molecular flexibility index (Phi) is 6.54. The highest BCUT2D eigenvalue weighted by molar-refractivity contribution is 5.80. The van der Waals surface area contributed by atoms with Crippen molar-refractivity contribution in [2.24, 2.45) is 5.92 Å². The minimum absolute atomic E-state index is 0.0990. The molecular weight excluding hydrogens is 446 g/mol. The van der Waals surface area contributed by atoms with E-state index >= 15 is 0 Å². The summed E-state index contributed by atoms with van der Waals surface area (Å²) in [6, 6.07) is 15.3. The van der Waals surface area contributed by atoms with Gasteiger partial charge in [-0.2, -0.15) is 0 Å². The number of carbonyl (C=O) groups is 3. The van der Waals surface area contributed by atoms with Crippen LogP contribution in [0.5, 0.6) is 0 Å². The predicted molar refractivity (Wildman–Crippen MR) is 120 cm³/mol. The number of piperidine rings is 1. The number of hydrogen-bond acceptors (Lipinski definition) is 4. The molecule has 2 atom stereocenters. The zero-order valence-electron chi connectivity index (χ0n) is 18.7. The van der Waals surface area contributed by atoms with E-state index in [2.05, 4.69) is 5.32 Å². The van der Waals surface area contributed by atoms with Gasteiger partial charge < -0.3 is 20.1 Å². The van der Waals surface area contributed by atoms with Crippen LogP contribution in [0.25, 0.3) is 11.1 Å². The van der Waals surface area contributed by atoms with E-state index in [9.17, 15) is 23.2 Å². The van der Waals surface area contributed by atoms with Crippen molar-refractivity contribution in [2.45, 2.75) is 37.6 Å². The number of aliphatic carboxylic acids is 1. The maximum absolute atomic E-state index is 13.8. The fourth-order valence-electron chi connectivity index (χ4n) is 4.67. The number of fused-ring (bicyclic) bond motifs is 3. The van der Waals surface area contributed by atoms with E-state index in [0.29, 0.717) is 0 Å². The highest BCUT2D eigenvalue weighted by Crippen LogP contribution is 2.44. The van der Waals surface area contributed by atoms with Crippen LogP contribution in [-0.4, -0.2) is 59.6 Å². The third kappa shape index (κ3) is 4.73. The molecule has 0 spiro atoms. The molecule has 1 fully saturated rings. The normalized spacial score (nSPS) is 19.6. The lowest BCUT2D eigenvalue weighted by atomic mass is 9.93. The van der Waals surface area contributed by atoms with E-state index in [1.807, 2.05) is 48.5 Å². The Hall–Kier alpha value is -3.49. The van der Waals surface area contributed by atoms with E-state index in [-0.39, 0.29) is 25.5 Å². The average molecular weight is 472 g/mol. The summed E-state index contributed by atoms with van der Waals surface area (Å²) < 4.78 is 33.1. The van der Waals surface area contributed by atoms with Crippen LogP contribution < -0.4 is 5.32 Å². The van der Waals surface area contributed by atoms with Crippen molar-refractivity contribution in [3.63, 3.8) is 0 Å². The molecule has 1 saturated heterocycles. The molecule has 2 aromatic carbocycles. The number of hydrogen-bond donors (Lipinski definition) is 2. The highest BCUT2D eigenvalue weighted by atomic mass is 19.3. The number of amides is 2. The molecule has 1 aliphatic carbocycles. The maximum Gasteiger partial charge on any atom is 0.407 e. The molecule has 2 aliphatic rings. The zero-order valence-corrected chi connectivity index (χ0v) is 18.7. The molecule has 180 valence electrons. The van der Waals surface area contributed by atoms with Gasteiger partial charge in [0, 0.05) is 37.9 Å². The predicted octanol–water partition coefficient (Wildman–Crippen LogP) is 3.87. The van der Waals surface area contributed by atoms with Crippen molar-refractivity contribution < 1.29 is 33.0 Å². The monoisotopic (exact) mass is 472 g/mol. The molecule has 0 radical (unpaired) electrons. The summed E-state index contributed by atoms with van der Waals surface area (Å²) in [6.07, 6.45) is -1.54. The fourth-order valence-corrected chi connectivity index (χ4v) is 4.67. The number of rotatable bonds is 6. The lowest BCUT2D eigenvalue weighted by Gasteiger charge is -2.36. The first kappa shape index (κ1) is 23.7. The smallest absolute Gasteiger partial charge is 0.407 e.